The molecule has 1 saturated heterocycles. The Balaban J connectivity index is 1.35. The summed E-state index contributed by atoms with van der Waals surface area (Å²) in [5.41, 5.74) is 1.17. The van der Waals surface area contributed by atoms with Crippen molar-refractivity contribution >= 4 is 11.7 Å². The highest BCUT2D eigenvalue weighted by molar-refractivity contribution is 5.58. The smallest absolute Gasteiger partial charge is 0.315 e. The number of ether oxygens (including phenoxy) is 1. The molecule has 4 rings (SSSR count). The molecule has 0 bridgehead atoms. The summed E-state index contributed by atoms with van der Waals surface area (Å²) in [6.07, 6.45) is 4.44. The van der Waals surface area contributed by atoms with Gasteiger partial charge in [-0.3, -0.25) is 0 Å². The highest BCUT2D eigenvalue weighted by Crippen LogP contribution is 2.39. The SMILES string of the molecule is COc1ccccc1N1CCC(Nc2nnc(C3CC3)o2)CC1. The van der Waals surface area contributed by atoms with E-state index < -0.39 is 0 Å². The fourth-order valence-electron chi connectivity index (χ4n) is 3.12. The Kier molecular flexibility index (Phi) is 3.81. The zero-order valence-electron chi connectivity index (χ0n) is 13.4. The topological polar surface area (TPSA) is 63.4 Å². The Hall–Kier alpha value is -2.24. The van der Waals surface area contributed by atoms with Crippen molar-refractivity contribution < 1.29 is 9.15 Å². The zero-order chi connectivity index (χ0) is 15.6. The van der Waals surface area contributed by atoms with E-state index in [1.54, 1.807) is 7.11 Å². The summed E-state index contributed by atoms with van der Waals surface area (Å²) in [7, 11) is 1.72. The van der Waals surface area contributed by atoms with Gasteiger partial charge in [0.25, 0.3) is 0 Å². The highest BCUT2D eigenvalue weighted by atomic mass is 16.5. The predicted octanol–water partition coefficient (Wildman–Crippen LogP) is 3.04. The van der Waals surface area contributed by atoms with Crippen LogP contribution in [0.3, 0.4) is 0 Å². The molecule has 2 fully saturated rings. The average molecular weight is 314 g/mol. The Morgan fingerprint density at radius 1 is 1.13 bits per heavy atom. The van der Waals surface area contributed by atoms with E-state index in [2.05, 4.69) is 32.5 Å². The summed E-state index contributed by atoms with van der Waals surface area (Å²) < 4.78 is 11.2. The second kappa shape index (κ2) is 6.10. The average Bonchev–Trinajstić information content (AvgIpc) is 3.35. The largest absolute Gasteiger partial charge is 0.495 e. The number of benzene rings is 1. The first-order chi connectivity index (χ1) is 11.3. The summed E-state index contributed by atoms with van der Waals surface area (Å²) in [6.45, 7) is 1.98. The third-order valence-corrected chi connectivity index (χ3v) is 4.62. The summed E-state index contributed by atoms with van der Waals surface area (Å²) in [4.78, 5) is 2.38. The molecule has 1 N–H and O–H groups in total. The number of hydrogen-bond donors (Lipinski definition) is 1. The molecule has 0 spiro atoms. The molecule has 122 valence electrons. The maximum atomic E-state index is 5.69. The number of nitrogens with one attached hydrogen (secondary N) is 1. The first-order valence-electron chi connectivity index (χ1n) is 8.31. The van der Waals surface area contributed by atoms with Gasteiger partial charge < -0.3 is 19.4 Å². The second-order valence-corrected chi connectivity index (χ2v) is 6.30. The predicted molar refractivity (Wildman–Crippen MR) is 88.1 cm³/mol. The lowest BCUT2D eigenvalue weighted by Gasteiger charge is -2.34. The molecule has 0 atom stereocenters. The Morgan fingerprint density at radius 2 is 1.91 bits per heavy atom. The van der Waals surface area contributed by atoms with Crippen molar-refractivity contribution in [1.82, 2.24) is 10.2 Å². The Morgan fingerprint density at radius 3 is 2.65 bits per heavy atom. The number of aromatic nitrogens is 2. The summed E-state index contributed by atoms with van der Waals surface area (Å²) in [5.74, 6) is 2.23. The van der Waals surface area contributed by atoms with Crippen molar-refractivity contribution in [2.24, 2.45) is 0 Å². The van der Waals surface area contributed by atoms with E-state index in [-0.39, 0.29) is 0 Å². The Bertz CT molecular complexity index is 660. The van der Waals surface area contributed by atoms with Gasteiger partial charge in [0.05, 0.1) is 12.8 Å². The molecule has 23 heavy (non-hydrogen) atoms. The van der Waals surface area contributed by atoms with Gasteiger partial charge in [-0.2, -0.15) is 0 Å². The van der Waals surface area contributed by atoms with Gasteiger partial charge in [-0.1, -0.05) is 17.2 Å². The maximum absolute atomic E-state index is 5.69. The van der Waals surface area contributed by atoms with Crippen LogP contribution in [0.5, 0.6) is 5.75 Å². The van der Waals surface area contributed by atoms with Gasteiger partial charge in [0, 0.05) is 25.0 Å². The third-order valence-electron chi connectivity index (χ3n) is 4.62. The van der Waals surface area contributed by atoms with Crippen LogP contribution in [0, 0.1) is 0 Å². The van der Waals surface area contributed by atoms with Crippen LogP contribution in [0.15, 0.2) is 28.7 Å². The van der Waals surface area contributed by atoms with E-state index in [1.165, 1.54) is 18.5 Å². The van der Waals surface area contributed by atoms with Crippen molar-refractivity contribution in [3.63, 3.8) is 0 Å². The van der Waals surface area contributed by atoms with E-state index in [9.17, 15) is 0 Å². The Labute approximate surface area is 135 Å². The number of hydrogen-bond acceptors (Lipinski definition) is 6. The number of nitrogens with zero attached hydrogens (tertiary/aromatic N) is 3. The molecular formula is C17H22N4O2. The number of anilines is 2. The molecule has 1 aromatic heterocycles. The molecule has 1 saturated carbocycles. The van der Waals surface area contributed by atoms with Crippen molar-refractivity contribution in [3.8, 4) is 5.75 Å². The maximum Gasteiger partial charge on any atom is 0.315 e. The number of methoxy groups -OCH3 is 1. The van der Waals surface area contributed by atoms with Crippen LogP contribution in [0.2, 0.25) is 0 Å². The van der Waals surface area contributed by atoms with Gasteiger partial charge in [0.1, 0.15) is 5.75 Å². The summed E-state index contributed by atoms with van der Waals surface area (Å²) >= 11 is 0. The first kappa shape index (κ1) is 14.4. The van der Waals surface area contributed by atoms with Crippen LogP contribution < -0.4 is 15.0 Å². The monoisotopic (exact) mass is 314 g/mol. The molecule has 2 aliphatic rings. The molecule has 1 aliphatic carbocycles. The van der Waals surface area contributed by atoms with Gasteiger partial charge in [-0.15, -0.1) is 5.10 Å². The van der Waals surface area contributed by atoms with Gasteiger partial charge >= 0.3 is 6.01 Å². The standard InChI is InChI=1S/C17H22N4O2/c1-22-15-5-3-2-4-14(15)21-10-8-13(9-11-21)18-17-20-19-16(23-17)12-6-7-12/h2-5,12-13H,6-11H2,1H3,(H,18,20). The minimum atomic E-state index is 0.383. The van der Waals surface area contributed by atoms with E-state index in [0.717, 1.165) is 37.6 Å². The molecule has 2 heterocycles. The van der Waals surface area contributed by atoms with Gasteiger partial charge in [-0.05, 0) is 37.8 Å². The molecule has 1 aliphatic heterocycles. The highest BCUT2D eigenvalue weighted by Gasteiger charge is 2.30. The molecule has 6 nitrogen and oxygen atoms in total. The third kappa shape index (κ3) is 3.11. The van der Waals surface area contributed by atoms with E-state index in [4.69, 9.17) is 9.15 Å². The van der Waals surface area contributed by atoms with Crippen LogP contribution in [0.4, 0.5) is 11.7 Å². The number of rotatable bonds is 5. The van der Waals surface area contributed by atoms with Gasteiger partial charge in [-0.25, -0.2) is 0 Å². The van der Waals surface area contributed by atoms with Crippen LogP contribution in [-0.4, -0.2) is 36.4 Å². The van der Waals surface area contributed by atoms with Gasteiger partial charge in [0.15, 0.2) is 0 Å². The summed E-state index contributed by atoms with van der Waals surface area (Å²) in [6, 6.07) is 9.14. The van der Waals surface area contributed by atoms with Crippen LogP contribution in [0.1, 0.15) is 37.5 Å². The minimum Gasteiger partial charge on any atom is -0.495 e. The second-order valence-electron chi connectivity index (χ2n) is 6.30. The lowest BCUT2D eigenvalue weighted by Crippen LogP contribution is -2.39. The molecule has 0 radical (unpaired) electrons. The lowest BCUT2D eigenvalue weighted by atomic mass is 10.0. The summed E-state index contributed by atoms with van der Waals surface area (Å²) in [5, 5.41) is 11.6. The van der Waals surface area contributed by atoms with Crippen molar-refractivity contribution in [3.05, 3.63) is 30.2 Å². The van der Waals surface area contributed by atoms with E-state index in [1.807, 2.05) is 12.1 Å². The lowest BCUT2D eigenvalue weighted by molar-refractivity contribution is 0.411. The van der Waals surface area contributed by atoms with E-state index in [0.29, 0.717) is 18.0 Å². The van der Waals surface area contributed by atoms with Gasteiger partial charge in [0.2, 0.25) is 5.89 Å². The molecule has 0 amide bonds. The minimum absolute atomic E-state index is 0.383. The molecule has 0 unspecified atom stereocenters. The first-order valence-corrected chi connectivity index (χ1v) is 8.31. The molecular weight excluding hydrogens is 292 g/mol. The van der Waals surface area contributed by atoms with Crippen LogP contribution in [0.25, 0.3) is 0 Å². The molecule has 6 heteroatoms. The van der Waals surface area contributed by atoms with Crippen molar-refractivity contribution in [2.75, 3.05) is 30.4 Å². The zero-order valence-corrected chi connectivity index (χ0v) is 13.4. The molecule has 2 aromatic rings. The van der Waals surface area contributed by atoms with Crippen LogP contribution >= 0.6 is 0 Å². The van der Waals surface area contributed by atoms with E-state index >= 15 is 0 Å². The number of piperidine rings is 1. The molecule has 1 aromatic carbocycles. The normalized spacial score (nSPS) is 18.9. The van der Waals surface area contributed by atoms with Crippen molar-refractivity contribution in [2.45, 2.75) is 37.6 Å². The van der Waals surface area contributed by atoms with Crippen molar-refractivity contribution in [1.29, 1.82) is 0 Å². The fraction of sp³-hybridized carbons (Fsp3) is 0.529. The van der Waals surface area contributed by atoms with Crippen LogP contribution in [-0.2, 0) is 0 Å². The quantitative estimate of drug-likeness (QED) is 0.915. The number of para-hydroxylation sites is 2. The fourth-order valence-corrected chi connectivity index (χ4v) is 3.12.